The second kappa shape index (κ2) is 6.47. The lowest BCUT2D eigenvalue weighted by atomic mass is 10.1. The number of nitrogens with one attached hydrogen (secondary N) is 2. The Morgan fingerprint density at radius 2 is 1.71 bits per heavy atom. The van der Waals surface area contributed by atoms with E-state index in [4.69, 9.17) is 11.6 Å². The van der Waals surface area contributed by atoms with Crippen molar-refractivity contribution >= 4 is 29.1 Å². The van der Waals surface area contributed by atoms with Gasteiger partial charge in [-0.25, -0.2) is 4.98 Å². The van der Waals surface area contributed by atoms with Crippen LogP contribution in [0.4, 0.5) is 30.6 Å². The number of rotatable bonds is 3. The van der Waals surface area contributed by atoms with Crippen LogP contribution in [0, 0.1) is 6.92 Å². The minimum atomic E-state index is -4.45. The van der Waals surface area contributed by atoms with E-state index in [1.54, 1.807) is 13.0 Å². The molecule has 0 bridgehead atoms. The molecule has 0 saturated carbocycles. The average Bonchev–Trinajstić information content (AvgIpc) is 2.37. The molecule has 1 heterocycles. The molecule has 8 heteroatoms. The molecule has 2 aromatic rings. The molecule has 0 aliphatic rings. The Balaban J connectivity index is 2.34. The van der Waals surface area contributed by atoms with Gasteiger partial charge in [0, 0.05) is 17.3 Å². The lowest BCUT2D eigenvalue weighted by Crippen LogP contribution is -2.27. The second-order valence-electron chi connectivity index (χ2n) is 6.41. The van der Waals surface area contributed by atoms with Gasteiger partial charge in [-0.1, -0.05) is 11.6 Å². The predicted molar refractivity (Wildman–Crippen MR) is 89.9 cm³/mol. The van der Waals surface area contributed by atoms with Gasteiger partial charge >= 0.3 is 6.18 Å². The fourth-order valence-electron chi connectivity index (χ4n) is 1.99. The van der Waals surface area contributed by atoms with Crippen LogP contribution in [-0.4, -0.2) is 15.5 Å². The van der Waals surface area contributed by atoms with E-state index in [0.717, 1.165) is 12.1 Å². The third-order valence-electron chi connectivity index (χ3n) is 2.90. The highest BCUT2D eigenvalue weighted by Gasteiger charge is 2.31. The number of alkyl halides is 3. The van der Waals surface area contributed by atoms with Crippen LogP contribution < -0.4 is 10.6 Å². The normalized spacial score (nSPS) is 12.2. The SMILES string of the molecule is Cc1cc(NC(C)(C)C)nc(Nc2cc(C(F)(F)F)ccc2Cl)n1. The van der Waals surface area contributed by atoms with Crippen LogP contribution in [0.3, 0.4) is 0 Å². The standard InChI is InChI=1S/C16H18ClF3N4/c1-9-7-13(24-15(2,3)4)23-14(21-9)22-12-8-10(16(18,19)20)5-6-11(12)17/h5-8H,1-4H3,(H2,21,22,23,24). The molecule has 0 atom stereocenters. The zero-order valence-electron chi connectivity index (χ0n) is 13.7. The Morgan fingerprint density at radius 3 is 2.29 bits per heavy atom. The summed E-state index contributed by atoms with van der Waals surface area (Å²) in [6, 6.07) is 4.81. The van der Waals surface area contributed by atoms with Gasteiger partial charge in [-0.3, -0.25) is 0 Å². The number of hydrogen-bond donors (Lipinski definition) is 2. The molecule has 0 aliphatic carbocycles. The number of aryl methyl sites for hydroxylation is 1. The molecule has 2 rings (SSSR count). The summed E-state index contributed by atoms with van der Waals surface area (Å²) in [5.74, 6) is 0.739. The number of nitrogens with zero attached hydrogens (tertiary/aromatic N) is 2. The number of hydrogen-bond acceptors (Lipinski definition) is 4. The van der Waals surface area contributed by atoms with Crippen LogP contribution >= 0.6 is 11.6 Å². The number of aromatic nitrogens is 2. The van der Waals surface area contributed by atoms with Gasteiger partial charge in [0.25, 0.3) is 0 Å². The maximum Gasteiger partial charge on any atom is 0.416 e. The summed E-state index contributed by atoms with van der Waals surface area (Å²) in [7, 11) is 0. The lowest BCUT2D eigenvalue weighted by Gasteiger charge is -2.22. The summed E-state index contributed by atoms with van der Waals surface area (Å²) in [5.41, 5.74) is -0.248. The summed E-state index contributed by atoms with van der Waals surface area (Å²) in [5, 5.41) is 6.10. The molecule has 130 valence electrons. The summed E-state index contributed by atoms with van der Waals surface area (Å²) >= 11 is 5.98. The van der Waals surface area contributed by atoms with E-state index in [2.05, 4.69) is 20.6 Å². The number of halogens is 4. The first-order chi connectivity index (χ1) is 10.9. The van der Waals surface area contributed by atoms with Crippen LogP contribution in [0.25, 0.3) is 0 Å². The molecule has 4 nitrogen and oxygen atoms in total. The third-order valence-corrected chi connectivity index (χ3v) is 3.23. The maximum absolute atomic E-state index is 12.8. The molecular formula is C16H18ClF3N4. The van der Waals surface area contributed by atoms with Crippen molar-refractivity contribution in [1.82, 2.24) is 9.97 Å². The van der Waals surface area contributed by atoms with Gasteiger partial charge in [0.05, 0.1) is 16.3 Å². The van der Waals surface area contributed by atoms with E-state index in [0.29, 0.717) is 11.5 Å². The Kier molecular flexibility index (Phi) is 4.94. The summed E-state index contributed by atoms with van der Waals surface area (Å²) in [6.07, 6.45) is -4.45. The molecule has 0 amide bonds. The van der Waals surface area contributed by atoms with Crippen LogP contribution in [-0.2, 0) is 6.18 Å². The smallest absolute Gasteiger partial charge is 0.365 e. The molecule has 0 spiro atoms. The van der Waals surface area contributed by atoms with Crippen molar-refractivity contribution < 1.29 is 13.2 Å². The zero-order valence-corrected chi connectivity index (χ0v) is 14.5. The highest BCUT2D eigenvalue weighted by atomic mass is 35.5. The number of anilines is 3. The Labute approximate surface area is 143 Å². The van der Waals surface area contributed by atoms with Crippen LogP contribution in [0.2, 0.25) is 5.02 Å². The first-order valence-electron chi connectivity index (χ1n) is 7.22. The van der Waals surface area contributed by atoms with Gasteiger partial charge in [-0.2, -0.15) is 18.2 Å². The Bertz CT molecular complexity index is 739. The van der Waals surface area contributed by atoms with Crippen molar-refractivity contribution in [1.29, 1.82) is 0 Å². The minimum Gasteiger partial charge on any atom is -0.365 e. The average molecular weight is 359 g/mol. The van der Waals surface area contributed by atoms with E-state index < -0.39 is 11.7 Å². The van der Waals surface area contributed by atoms with Gasteiger partial charge in [0.1, 0.15) is 5.82 Å². The molecule has 0 aliphatic heterocycles. The quantitative estimate of drug-likeness (QED) is 0.770. The van der Waals surface area contributed by atoms with E-state index in [-0.39, 0.29) is 22.2 Å². The van der Waals surface area contributed by atoms with Gasteiger partial charge in [-0.05, 0) is 45.9 Å². The summed E-state index contributed by atoms with van der Waals surface area (Å²) < 4.78 is 38.5. The molecule has 0 unspecified atom stereocenters. The molecule has 2 N–H and O–H groups in total. The molecule has 1 aromatic heterocycles. The highest BCUT2D eigenvalue weighted by molar-refractivity contribution is 6.33. The van der Waals surface area contributed by atoms with Crippen molar-refractivity contribution in [2.24, 2.45) is 0 Å². The monoisotopic (exact) mass is 358 g/mol. The van der Waals surface area contributed by atoms with Crippen molar-refractivity contribution in [3.63, 3.8) is 0 Å². The van der Waals surface area contributed by atoms with E-state index in [1.165, 1.54) is 6.07 Å². The van der Waals surface area contributed by atoms with Crippen molar-refractivity contribution in [3.8, 4) is 0 Å². The Morgan fingerprint density at radius 1 is 1.04 bits per heavy atom. The molecule has 24 heavy (non-hydrogen) atoms. The van der Waals surface area contributed by atoms with Gasteiger partial charge in [0.2, 0.25) is 5.95 Å². The topological polar surface area (TPSA) is 49.8 Å². The fraction of sp³-hybridized carbons (Fsp3) is 0.375. The molecule has 0 fully saturated rings. The maximum atomic E-state index is 12.8. The van der Waals surface area contributed by atoms with E-state index in [9.17, 15) is 13.2 Å². The first-order valence-corrected chi connectivity index (χ1v) is 7.59. The largest absolute Gasteiger partial charge is 0.416 e. The first kappa shape index (κ1) is 18.3. The number of benzene rings is 1. The zero-order chi connectivity index (χ0) is 18.1. The third kappa shape index (κ3) is 4.99. The van der Waals surface area contributed by atoms with Crippen molar-refractivity contribution in [2.75, 3.05) is 10.6 Å². The van der Waals surface area contributed by atoms with Gasteiger partial charge in [-0.15, -0.1) is 0 Å². The molecule has 0 saturated heterocycles. The van der Waals surface area contributed by atoms with E-state index >= 15 is 0 Å². The Hall–Kier alpha value is -2.02. The van der Waals surface area contributed by atoms with Crippen molar-refractivity contribution in [2.45, 2.75) is 39.4 Å². The van der Waals surface area contributed by atoms with Crippen LogP contribution in [0.15, 0.2) is 24.3 Å². The van der Waals surface area contributed by atoms with Gasteiger partial charge < -0.3 is 10.6 Å². The van der Waals surface area contributed by atoms with Crippen LogP contribution in [0.5, 0.6) is 0 Å². The van der Waals surface area contributed by atoms with Gasteiger partial charge in [0.15, 0.2) is 0 Å². The lowest BCUT2D eigenvalue weighted by molar-refractivity contribution is -0.137. The van der Waals surface area contributed by atoms with Crippen LogP contribution in [0.1, 0.15) is 32.0 Å². The molecular weight excluding hydrogens is 341 g/mol. The molecule has 1 aromatic carbocycles. The second-order valence-corrected chi connectivity index (χ2v) is 6.82. The van der Waals surface area contributed by atoms with Crippen molar-refractivity contribution in [3.05, 3.63) is 40.5 Å². The fourth-order valence-corrected chi connectivity index (χ4v) is 2.16. The highest BCUT2D eigenvalue weighted by Crippen LogP contribution is 2.34. The van der Waals surface area contributed by atoms with E-state index in [1.807, 2.05) is 20.8 Å². The minimum absolute atomic E-state index is 0.0961. The molecule has 0 radical (unpaired) electrons. The predicted octanol–water partition coefficient (Wildman–Crippen LogP) is 5.41. The summed E-state index contributed by atoms with van der Waals surface area (Å²) in [6.45, 7) is 7.69. The summed E-state index contributed by atoms with van der Waals surface area (Å²) in [4.78, 5) is 8.46.